The first-order chi connectivity index (χ1) is 9.97. The predicted molar refractivity (Wildman–Crippen MR) is 81.1 cm³/mol. The van der Waals surface area contributed by atoms with Crippen LogP contribution in [0.5, 0.6) is 5.75 Å². The number of carbonyl (C=O) groups is 2. The molecule has 116 valence electrons. The second kappa shape index (κ2) is 8.36. The highest BCUT2D eigenvalue weighted by Crippen LogP contribution is 2.27. The normalized spacial score (nSPS) is 11.6. The number of methoxy groups -OCH3 is 1. The number of carboxylic acid groups (broad SMARTS) is 1. The summed E-state index contributed by atoms with van der Waals surface area (Å²) in [7, 11) is 1.48. The lowest BCUT2D eigenvalue weighted by molar-refractivity contribution is -0.141. The minimum Gasteiger partial charge on any atom is -0.495 e. The van der Waals surface area contributed by atoms with Crippen molar-refractivity contribution in [3.05, 3.63) is 23.2 Å². The number of benzene rings is 1. The summed E-state index contributed by atoms with van der Waals surface area (Å²) < 4.78 is 5.05. The average Bonchev–Trinajstić information content (AvgIpc) is 2.45. The molecule has 0 aliphatic rings. The maximum absolute atomic E-state index is 11.7. The molecule has 1 unspecified atom stereocenters. The van der Waals surface area contributed by atoms with Crippen LogP contribution in [0.2, 0.25) is 5.02 Å². The van der Waals surface area contributed by atoms with Gasteiger partial charge in [0, 0.05) is 18.3 Å². The highest BCUT2D eigenvalue weighted by Gasteiger charge is 2.17. The van der Waals surface area contributed by atoms with Crippen molar-refractivity contribution in [3.8, 4) is 5.75 Å². The van der Waals surface area contributed by atoms with Crippen LogP contribution in [0.15, 0.2) is 18.2 Å². The lowest BCUT2D eigenvalue weighted by atomic mass is 10.0. The average molecular weight is 315 g/mol. The van der Waals surface area contributed by atoms with Crippen LogP contribution >= 0.6 is 11.6 Å². The predicted octanol–water partition coefficient (Wildman–Crippen LogP) is 2.97. The van der Waals surface area contributed by atoms with E-state index in [0.717, 1.165) is 6.42 Å². The molecule has 1 rings (SSSR count). The fourth-order valence-electron chi connectivity index (χ4n) is 1.79. The van der Waals surface area contributed by atoms with Gasteiger partial charge in [-0.25, -0.2) is 4.79 Å². The standard InChI is InChI=1S/C14H19ClN2O4/c1-3-4-9(13(18)19)8-16-14(20)17-10-5-6-11(15)12(7-10)21-2/h5-7,9H,3-4,8H2,1-2H3,(H,18,19)(H2,16,17,20). The maximum Gasteiger partial charge on any atom is 0.319 e. The smallest absolute Gasteiger partial charge is 0.319 e. The quantitative estimate of drug-likeness (QED) is 0.722. The second-order valence-electron chi connectivity index (χ2n) is 4.51. The number of aliphatic carboxylic acids is 1. The number of carboxylic acids is 1. The number of urea groups is 1. The van der Waals surface area contributed by atoms with E-state index in [1.54, 1.807) is 18.2 Å². The number of hydrogen-bond acceptors (Lipinski definition) is 3. The van der Waals surface area contributed by atoms with Gasteiger partial charge < -0.3 is 20.5 Å². The van der Waals surface area contributed by atoms with Crippen LogP contribution in [0.25, 0.3) is 0 Å². The van der Waals surface area contributed by atoms with E-state index < -0.39 is 17.9 Å². The Bertz CT molecular complexity index is 508. The molecule has 1 aromatic rings. The maximum atomic E-state index is 11.7. The first-order valence-electron chi connectivity index (χ1n) is 6.59. The molecule has 1 aromatic carbocycles. The summed E-state index contributed by atoms with van der Waals surface area (Å²) in [5.41, 5.74) is 0.510. The van der Waals surface area contributed by atoms with Crippen molar-refractivity contribution in [2.24, 2.45) is 5.92 Å². The fourth-order valence-corrected chi connectivity index (χ4v) is 1.98. The molecule has 2 amide bonds. The Labute approximate surface area is 128 Å². The number of hydrogen-bond donors (Lipinski definition) is 3. The minimum absolute atomic E-state index is 0.0831. The third kappa shape index (κ3) is 5.51. The van der Waals surface area contributed by atoms with Crippen molar-refractivity contribution in [3.63, 3.8) is 0 Å². The van der Waals surface area contributed by atoms with Gasteiger partial charge in [-0.15, -0.1) is 0 Å². The van der Waals surface area contributed by atoms with E-state index in [0.29, 0.717) is 22.9 Å². The van der Waals surface area contributed by atoms with E-state index in [4.69, 9.17) is 21.4 Å². The van der Waals surface area contributed by atoms with Crippen LogP contribution in [0.3, 0.4) is 0 Å². The van der Waals surface area contributed by atoms with E-state index in [-0.39, 0.29) is 6.54 Å². The van der Waals surface area contributed by atoms with E-state index >= 15 is 0 Å². The third-order valence-electron chi connectivity index (χ3n) is 2.90. The van der Waals surface area contributed by atoms with E-state index in [2.05, 4.69) is 10.6 Å². The Morgan fingerprint density at radius 3 is 2.71 bits per heavy atom. The van der Waals surface area contributed by atoms with Gasteiger partial charge in [0.25, 0.3) is 0 Å². The molecule has 0 aliphatic carbocycles. The summed E-state index contributed by atoms with van der Waals surface area (Å²) >= 11 is 5.89. The van der Waals surface area contributed by atoms with E-state index in [1.165, 1.54) is 7.11 Å². The highest BCUT2D eigenvalue weighted by atomic mass is 35.5. The minimum atomic E-state index is -0.912. The van der Waals surface area contributed by atoms with Gasteiger partial charge in [0.05, 0.1) is 18.1 Å². The number of ether oxygens (including phenoxy) is 1. The number of carbonyl (C=O) groups excluding carboxylic acids is 1. The largest absolute Gasteiger partial charge is 0.495 e. The van der Waals surface area contributed by atoms with Crippen molar-refractivity contribution >= 4 is 29.3 Å². The van der Waals surface area contributed by atoms with Crippen molar-refractivity contribution < 1.29 is 19.4 Å². The van der Waals surface area contributed by atoms with Crippen molar-refractivity contribution in [1.29, 1.82) is 0 Å². The molecule has 21 heavy (non-hydrogen) atoms. The molecule has 0 heterocycles. The SMILES string of the molecule is CCCC(CNC(=O)Nc1ccc(Cl)c(OC)c1)C(=O)O. The summed E-state index contributed by atoms with van der Waals surface area (Å²) in [6, 6.07) is 4.35. The van der Waals surface area contributed by atoms with Gasteiger partial charge >= 0.3 is 12.0 Å². The van der Waals surface area contributed by atoms with Crippen molar-refractivity contribution in [1.82, 2.24) is 5.32 Å². The number of halogens is 1. The van der Waals surface area contributed by atoms with Crippen molar-refractivity contribution in [2.45, 2.75) is 19.8 Å². The first kappa shape index (κ1) is 17.1. The molecule has 6 nitrogen and oxygen atoms in total. The molecular weight excluding hydrogens is 296 g/mol. The molecule has 1 atom stereocenters. The molecule has 0 saturated carbocycles. The van der Waals surface area contributed by atoms with Crippen LogP contribution in [0, 0.1) is 5.92 Å². The van der Waals surface area contributed by atoms with Gasteiger partial charge in [0.1, 0.15) is 5.75 Å². The Morgan fingerprint density at radius 2 is 2.14 bits per heavy atom. The molecule has 0 radical (unpaired) electrons. The zero-order valence-electron chi connectivity index (χ0n) is 12.0. The summed E-state index contributed by atoms with van der Waals surface area (Å²) in [5, 5.41) is 14.6. The lowest BCUT2D eigenvalue weighted by Gasteiger charge is -2.13. The van der Waals surface area contributed by atoms with Crippen LogP contribution in [-0.4, -0.2) is 30.8 Å². The zero-order chi connectivity index (χ0) is 15.8. The van der Waals surface area contributed by atoms with Gasteiger partial charge in [-0.3, -0.25) is 4.79 Å². The number of rotatable bonds is 7. The molecule has 3 N–H and O–H groups in total. The van der Waals surface area contributed by atoms with E-state index in [9.17, 15) is 9.59 Å². The molecule has 0 fully saturated rings. The fraction of sp³-hybridized carbons (Fsp3) is 0.429. The molecule has 0 saturated heterocycles. The van der Waals surface area contributed by atoms with Gasteiger partial charge in [-0.1, -0.05) is 24.9 Å². The Kier molecular flexibility index (Phi) is 6.81. The van der Waals surface area contributed by atoms with Crippen LogP contribution < -0.4 is 15.4 Å². The molecular formula is C14H19ClN2O4. The summed E-state index contributed by atoms with van der Waals surface area (Å²) in [6.45, 7) is 1.98. The van der Waals surface area contributed by atoms with E-state index in [1.807, 2.05) is 6.92 Å². The number of nitrogens with one attached hydrogen (secondary N) is 2. The van der Waals surface area contributed by atoms with Crippen molar-refractivity contribution in [2.75, 3.05) is 19.0 Å². The molecule has 0 aliphatic heterocycles. The molecule has 0 aromatic heterocycles. The monoisotopic (exact) mass is 314 g/mol. The van der Waals surface area contributed by atoms with Crippen LogP contribution in [-0.2, 0) is 4.79 Å². The highest BCUT2D eigenvalue weighted by molar-refractivity contribution is 6.32. The Morgan fingerprint density at radius 1 is 1.43 bits per heavy atom. The summed E-state index contributed by atoms with van der Waals surface area (Å²) in [5.74, 6) is -1.05. The zero-order valence-corrected chi connectivity index (χ0v) is 12.7. The summed E-state index contributed by atoms with van der Waals surface area (Å²) in [4.78, 5) is 22.7. The molecule has 0 bridgehead atoms. The van der Waals surface area contributed by atoms with Gasteiger partial charge in [-0.05, 0) is 18.6 Å². The third-order valence-corrected chi connectivity index (χ3v) is 3.22. The van der Waals surface area contributed by atoms with Crippen LogP contribution in [0.4, 0.5) is 10.5 Å². The topological polar surface area (TPSA) is 87.7 Å². The van der Waals surface area contributed by atoms with Gasteiger partial charge in [0.2, 0.25) is 0 Å². The number of anilines is 1. The lowest BCUT2D eigenvalue weighted by Crippen LogP contribution is -2.35. The molecule has 0 spiro atoms. The second-order valence-corrected chi connectivity index (χ2v) is 4.92. The first-order valence-corrected chi connectivity index (χ1v) is 6.97. The van der Waals surface area contributed by atoms with Crippen LogP contribution in [0.1, 0.15) is 19.8 Å². The van der Waals surface area contributed by atoms with Gasteiger partial charge in [0.15, 0.2) is 0 Å². The summed E-state index contributed by atoms with van der Waals surface area (Å²) in [6.07, 6.45) is 1.26. The Balaban J connectivity index is 2.55. The Hall–Kier alpha value is -1.95. The molecule has 7 heteroatoms. The van der Waals surface area contributed by atoms with Gasteiger partial charge in [-0.2, -0.15) is 0 Å². The number of amides is 2.